The maximum absolute atomic E-state index is 11.8. The van der Waals surface area contributed by atoms with Crippen molar-refractivity contribution in [2.24, 2.45) is 0 Å². The number of nitrogen functional groups attached to an aromatic ring is 1. The average molecular weight is 266 g/mol. The Morgan fingerprint density at radius 2 is 2.32 bits per heavy atom. The molecular weight excluding hydrogens is 248 g/mol. The molecule has 1 fully saturated rings. The number of hydrogen-bond acceptors (Lipinski definition) is 5. The fourth-order valence-electron chi connectivity index (χ4n) is 1.66. The summed E-state index contributed by atoms with van der Waals surface area (Å²) in [5, 5.41) is 2.76. The van der Waals surface area contributed by atoms with E-state index in [9.17, 15) is 4.79 Å². The van der Waals surface area contributed by atoms with Gasteiger partial charge in [0, 0.05) is 5.69 Å². The second-order valence-corrected chi connectivity index (χ2v) is 4.29. The van der Waals surface area contributed by atoms with Crippen LogP contribution < -0.4 is 15.8 Å². The average Bonchev–Trinajstić information content (AvgIpc) is 2.32. The second kappa shape index (κ2) is 6.40. The van der Waals surface area contributed by atoms with Crippen molar-refractivity contribution in [1.82, 2.24) is 0 Å². The summed E-state index contributed by atoms with van der Waals surface area (Å²) < 4.78 is 15.6. The van der Waals surface area contributed by atoms with Crippen molar-refractivity contribution < 1.29 is 19.0 Å². The molecule has 104 valence electrons. The first-order valence-electron chi connectivity index (χ1n) is 6.11. The van der Waals surface area contributed by atoms with Gasteiger partial charge in [-0.2, -0.15) is 0 Å². The molecule has 19 heavy (non-hydrogen) atoms. The zero-order valence-corrected chi connectivity index (χ0v) is 10.8. The second-order valence-electron chi connectivity index (χ2n) is 4.29. The van der Waals surface area contributed by atoms with E-state index in [0.717, 1.165) is 0 Å². The Hall–Kier alpha value is -1.79. The molecule has 0 saturated carbocycles. The Morgan fingerprint density at radius 3 is 2.95 bits per heavy atom. The van der Waals surface area contributed by atoms with Crippen LogP contribution >= 0.6 is 0 Å². The highest BCUT2D eigenvalue weighted by molar-refractivity contribution is 5.92. The van der Waals surface area contributed by atoms with Crippen LogP contribution in [0.5, 0.6) is 5.75 Å². The van der Waals surface area contributed by atoms with Crippen molar-refractivity contribution in [2.75, 3.05) is 38.0 Å². The lowest BCUT2D eigenvalue weighted by Crippen LogP contribution is -2.36. The number of benzene rings is 1. The van der Waals surface area contributed by atoms with Gasteiger partial charge in [-0.1, -0.05) is 0 Å². The molecule has 0 bridgehead atoms. The van der Waals surface area contributed by atoms with Crippen molar-refractivity contribution in [3.8, 4) is 5.75 Å². The minimum atomic E-state index is -0.135. The van der Waals surface area contributed by atoms with Crippen LogP contribution in [0.2, 0.25) is 0 Å². The van der Waals surface area contributed by atoms with Crippen LogP contribution in [0.4, 0.5) is 11.4 Å². The number of hydrogen-bond donors (Lipinski definition) is 2. The molecule has 1 heterocycles. The lowest BCUT2D eigenvalue weighted by Gasteiger charge is -2.25. The molecular formula is C13H18N2O4. The highest BCUT2D eigenvalue weighted by Crippen LogP contribution is 2.26. The Morgan fingerprint density at radius 1 is 1.53 bits per heavy atom. The number of methoxy groups -OCH3 is 1. The first-order valence-corrected chi connectivity index (χ1v) is 6.11. The van der Waals surface area contributed by atoms with E-state index in [4.69, 9.17) is 19.9 Å². The van der Waals surface area contributed by atoms with Gasteiger partial charge in [0.1, 0.15) is 11.9 Å². The van der Waals surface area contributed by atoms with Crippen LogP contribution in [-0.4, -0.2) is 38.9 Å². The Balaban J connectivity index is 1.81. The first-order chi connectivity index (χ1) is 9.19. The molecule has 6 nitrogen and oxygen atoms in total. The number of carbonyl (C=O) groups excluding carboxylic acids is 1. The zero-order chi connectivity index (χ0) is 13.7. The maximum atomic E-state index is 11.8. The molecule has 2 rings (SSSR count). The van der Waals surface area contributed by atoms with E-state index in [-0.39, 0.29) is 18.4 Å². The van der Waals surface area contributed by atoms with Gasteiger partial charge in [0.15, 0.2) is 0 Å². The largest absolute Gasteiger partial charge is 0.495 e. The number of nitrogens with two attached hydrogens (primary N) is 1. The smallest absolute Gasteiger partial charge is 0.226 e. The number of carbonyl (C=O) groups is 1. The van der Waals surface area contributed by atoms with Gasteiger partial charge in [-0.05, 0) is 18.2 Å². The molecule has 6 heteroatoms. The third kappa shape index (κ3) is 3.84. The number of anilines is 2. The van der Waals surface area contributed by atoms with Crippen LogP contribution in [0.1, 0.15) is 6.42 Å². The van der Waals surface area contributed by atoms with Gasteiger partial charge < -0.3 is 25.3 Å². The third-order valence-corrected chi connectivity index (χ3v) is 2.79. The summed E-state index contributed by atoms with van der Waals surface area (Å²) in [6.45, 7) is 1.61. The van der Waals surface area contributed by atoms with Crippen molar-refractivity contribution in [2.45, 2.75) is 12.5 Å². The summed E-state index contributed by atoms with van der Waals surface area (Å²) in [6, 6.07) is 5.10. The molecule has 1 aliphatic heterocycles. The highest BCUT2D eigenvalue weighted by Gasteiger charge is 2.19. The molecule has 0 unspecified atom stereocenters. The lowest BCUT2D eigenvalue weighted by atomic mass is 10.2. The number of nitrogens with one attached hydrogen (secondary N) is 1. The van der Waals surface area contributed by atoms with E-state index in [2.05, 4.69) is 5.32 Å². The van der Waals surface area contributed by atoms with Gasteiger partial charge in [0.25, 0.3) is 0 Å². The summed E-state index contributed by atoms with van der Waals surface area (Å²) in [5.74, 6) is 0.444. The number of amides is 1. The SMILES string of the molecule is COc1ccc(N)cc1NC(=O)CCOC1COC1. The third-order valence-electron chi connectivity index (χ3n) is 2.79. The molecule has 0 spiro atoms. The van der Waals surface area contributed by atoms with Gasteiger partial charge in [-0.15, -0.1) is 0 Å². The number of ether oxygens (including phenoxy) is 3. The highest BCUT2D eigenvalue weighted by atomic mass is 16.6. The quantitative estimate of drug-likeness (QED) is 0.751. The van der Waals surface area contributed by atoms with E-state index in [1.54, 1.807) is 25.3 Å². The van der Waals surface area contributed by atoms with E-state index in [1.165, 1.54) is 0 Å². The van der Waals surface area contributed by atoms with E-state index in [1.807, 2.05) is 0 Å². The maximum Gasteiger partial charge on any atom is 0.226 e. The van der Waals surface area contributed by atoms with Crippen molar-refractivity contribution in [3.63, 3.8) is 0 Å². The minimum Gasteiger partial charge on any atom is -0.495 e. The topological polar surface area (TPSA) is 82.8 Å². The first kappa shape index (κ1) is 13.6. The van der Waals surface area contributed by atoms with Gasteiger partial charge >= 0.3 is 0 Å². The molecule has 1 aromatic carbocycles. The van der Waals surface area contributed by atoms with Crippen LogP contribution in [0.25, 0.3) is 0 Å². The van der Waals surface area contributed by atoms with Crippen LogP contribution in [-0.2, 0) is 14.3 Å². The van der Waals surface area contributed by atoms with Gasteiger partial charge in [-0.3, -0.25) is 4.79 Å². The van der Waals surface area contributed by atoms with Crippen molar-refractivity contribution in [3.05, 3.63) is 18.2 Å². The summed E-state index contributed by atoms with van der Waals surface area (Å²) in [6.07, 6.45) is 0.420. The van der Waals surface area contributed by atoms with Gasteiger partial charge in [-0.25, -0.2) is 0 Å². The summed E-state index contributed by atoms with van der Waals surface area (Å²) in [4.78, 5) is 11.8. The standard InChI is InChI=1S/C13H18N2O4/c1-17-12-3-2-9(14)6-11(12)15-13(16)4-5-19-10-7-18-8-10/h2-3,6,10H,4-5,7-8,14H2,1H3,(H,15,16). The Kier molecular flexibility index (Phi) is 4.59. The molecule has 1 aliphatic rings. The molecule has 0 aromatic heterocycles. The van der Waals surface area contributed by atoms with E-state index >= 15 is 0 Å². The molecule has 0 aliphatic carbocycles. The summed E-state index contributed by atoms with van der Waals surface area (Å²) in [5.41, 5.74) is 6.82. The molecule has 1 aromatic rings. The Labute approximate surface area is 111 Å². The monoisotopic (exact) mass is 266 g/mol. The normalized spacial score (nSPS) is 14.8. The van der Waals surface area contributed by atoms with E-state index in [0.29, 0.717) is 36.9 Å². The Bertz CT molecular complexity index is 446. The molecule has 1 amide bonds. The predicted octanol–water partition coefficient (Wildman–Crippen LogP) is 1.02. The lowest BCUT2D eigenvalue weighted by molar-refractivity contribution is -0.135. The van der Waals surface area contributed by atoms with Crippen LogP contribution in [0, 0.1) is 0 Å². The summed E-state index contributed by atoms with van der Waals surface area (Å²) in [7, 11) is 1.54. The van der Waals surface area contributed by atoms with Crippen molar-refractivity contribution >= 4 is 17.3 Å². The zero-order valence-electron chi connectivity index (χ0n) is 10.8. The molecule has 0 radical (unpaired) electrons. The summed E-state index contributed by atoms with van der Waals surface area (Å²) >= 11 is 0. The van der Waals surface area contributed by atoms with E-state index < -0.39 is 0 Å². The molecule has 0 atom stereocenters. The minimum absolute atomic E-state index is 0.134. The van der Waals surface area contributed by atoms with Crippen molar-refractivity contribution in [1.29, 1.82) is 0 Å². The van der Waals surface area contributed by atoms with Gasteiger partial charge in [0.2, 0.25) is 5.91 Å². The van der Waals surface area contributed by atoms with Crippen LogP contribution in [0.15, 0.2) is 18.2 Å². The molecule has 1 saturated heterocycles. The van der Waals surface area contributed by atoms with Gasteiger partial charge in [0.05, 0.1) is 39.0 Å². The predicted molar refractivity (Wildman–Crippen MR) is 71.2 cm³/mol. The number of rotatable bonds is 6. The molecule has 3 N–H and O–H groups in total. The fraction of sp³-hybridized carbons (Fsp3) is 0.462. The van der Waals surface area contributed by atoms with Crippen LogP contribution in [0.3, 0.4) is 0 Å². The fourth-order valence-corrected chi connectivity index (χ4v) is 1.66.